The molecular formula is C16H16ClF3N4O4S2. The zero-order valence-corrected chi connectivity index (χ0v) is 17.8. The number of sulfonamides is 1. The fraction of sp³-hybridized carbons (Fsp3) is 0.375. The molecule has 1 aromatic heterocycles. The number of carbonyl (C=O) groups excluding carboxylic acids is 1. The molecule has 0 saturated carbocycles. The molecule has 1 fully saturated rings. The number of carbonyl (C=O) groups is 1. The van der Waals surface area contributed by atoms with E-state index in [1.54, 1.807) is 7.05 Å². The first-order valence-electron chi connectivity index (χ1n) is 8.47. The maximum absolute atomic E-state index is 12.9. The Hall–Kier alpha value is -2.09. The summed E-state index contributed by atoms with van der Waals surface area (Å²) in [7, 11) is -2.94. The molecule has 164 valence electrons. The fourth-order valence-corrected chi connectivity index (χ4v) is 5.00. The van der Waals surface area contributed by atoms with Crippen molar-refractivity contribution in [2.45, 2.75) is 23.5 Å². The summed E-state index contributed by atoms with van der Waals surface area (Å²) in [6.07, 6.45) is -4.53. The number of alkyl halides is 3. The number of rotatable bonds is 6. The molecule has 1 N–H and O–H groups in total. The number of hydrogen-bond acceptors (Lipinski definition) is 8. The molecule has 14 heteroatoms. The van der Waals surface area contributed by atoms with Crippen LogP contribution in [0, 0.1) is 0 Å². The minimum absolute atomic E-state index is 0.0749. The van der Waals surface area contributed by atoms with E-state index in [9.17, 15) is 26.4 Å². The van der Waals surface area contributed by atoms with Crippen LogP contribution in [0.1, 0.15) is 6.42 Å². The minimum Gasteiger partial charge on any atom is -0.369 e. The first-order valence-corrected chi connectivity index (χ1v) is 11.2. The van der Waals surface area contributed by atoms with Crippen molar-refractivity contribution in [3.8, 4) is 0 Å². The number of thiazole rings is 1. The fourth-order valence-electron chi connectivity index (χ4n) is 2.84. The summed E-state index contributed by atoms with van der Waals surface area (Å²) >= 11 is 7.18. The first kappa shape index (κ1) is 22.6. The van der Waals surface area contributed by atoms with Crippen LogP contribution in [0.15, 0.2) is 34.0 Å². The van der Waals surface area contributed by atoms with E-state index in [2.05, 4.69) is 15.1 Å². The van der Waals surface area contributed by atoms with Gasteiger partial charge in [0.2, 0.25) is 0 Å². The summed E-state index contributed by atoms with van der Waals surface area (Å²) in [5.41, 5.74) is 1.73. The second kappa shape index (κ2) is 8.57. The van der Waals surface area contributed by atoms with Crippen molar-refractivity contribution >= 4 is 50.4 Å². The van der Waals surface area contributed by atoms with Gasteiger partial charge in [0.25, 0.3) is 10.0 Å². The minimum atomic E-state index is -5.40. The van der Waals surface area contributed by atoms with Crippen molar-refractivity contribution in [3.63, 3.8) is 0 Å². The molecule has 2 aromatic rings. The Morgan fingerprint density at radius 3 is 2.67 bits per heavy atom. The third kappa shape index (κ3) is 4.63. The van der Waals surface area contributed by atoms with Crippen LogP contribution in [0.4, 0.5) is 24.7 Å². The summed E-state index contributed by atoms with van der Waals surface area (Å²) in [6.45, 7) is 1.57. The van der Waals surface area contributed by atoms with Crippen molar-refractivity contribution in [2.75, 3.05) is 29.5 Å². The third-order valence-corrected chi connectivity index (χ3v) is 6.83. The monoisotopic (exact) mass is 484 g/mol. The molecular weight excluding hydrogens is 469 g/mol. The van der Waals surface area contributed by atoms with Crippen molar-refractivity contribution in [1.82, 2.24) is 10.3 Å². The van der Waals surface area contributed by atoms with Gasteiger partial charge in [0.15, 0.2) is 5.82 Å². The van der Waals surface area contributed by atoms with Gasteiger partial charge in [0.05, 0.1) is 21.1 Å². The van der Waals surface area contributed by atoms with Gasteiger partial charge in [-0.05, 0) is 31.2 Å². The highest BCUT2D eigenvalue weighted by Crippen LogP contribution is 2.33. The molecule has 2 heterocycles. The van der Waals surface area contributed by atoms with E-state index >= 15 is 0 Å². The number of aromatic nitrogens is 1. The lowest BCUT2D eigenvalue weighted by molar-refractivity contribution is -0.199. The quantitative estimate of drug-likeness (QED) is 0.630. The van der Waals surface area contributed by atoms with Crippen molar-refractivity contribution in [3.05, 3.63) is 34.1 Å². The second-order valence-corrected chi connectivity index (χ2v) is 9.21. The zero-order valence-electron chi connectivity index (χ0n) is 15.4. The van der Waals surface area contributed by atoms with Gasteiger partial charge in [-0.1, -0.05) is 16.1 Å². The van der Waals surface area contributed by atoms with Crippen LogP contribution in [-0.4, -0.2) is 51.7 Å². The van der Waals surface area contributed by atoms with E-state index in [4.69, 9.17) is 11.6 Å². The number of anilines is 2. The van der Waals surface area contributed by atoms with Gasteiger partial charge in [-0.3, -0.25) is 0 Å². The van der Waals surface area contributed by atoms with Crippen LogP contribution < -0.4 is 14.7 Å². The third-order valence-electron chi connectivity index (χ3n) is 4.40. The smallest absolute Gasteiger partial charge is 0.369 e. The highest BCUT2D eigenvalue weighted by molar-refractivity contribution is 7.92. The topological polar surface area (TPSA) is 91.8 Å². The van der Waals surface area contributed by atoms with E-state index < -0.39 is 32.9 Å². The lowest BCUT2D eigenvalue weighted by Gasteiger charge is -2.27. The van der Waals surface area contributed by atoms with Crippen molar-refractivity contribution < 1.29 is 31.2 Å². The van der Waals surface area contributed by atoms with E-state index in [1.807, 2.05) is 4.90 Å². The van der Waals surface area contributed by atoms with Crippen molar-refractivity contribution in [1.29, 1.82) is 0 Å². The molecule has 3 rings (SSSR count). The Labute approximate surface area is 179 Å². The number of nitrogens with one attached hydrogen (secondary N) is 1. The SMILES string of the molecule is CN(c1ccc(S(=O)(=O)N(OC(=O)C(F)(F)F)c2cscn2)cc1Cl)[C@H]1CCNC1. The van der Waals surface area contributed by atoms with Gasteiger partial charge in [0.1, 0.15) is 0 Å². The molecule has 1 aromatic carbocycles. The highest BCUT2D eigenvalue weighted by Gasteiger charge is 2.45. The van der Waals surface area contributed by atoms with Crippen LogP contribution in [0.3, 0.4) is 0 Å². The summed E-state index contributed by atoms with van der Waals surface area (Å²) in [5.74, 6) is -3.19. The van der Waals surface area contributed by atoms with Crippen LogP contribution >= 0.6 is 22.9 Å². The molecule has 0 bridgehead atoms. The predicted molar refractivity (Wildman–Crippen MR) is 105 cm³/mol. The predicted octanol–water partition coefficient (Wildman–Crippen LogP) is 2.81. The zero-order chi connectivity index (χ0) is 22.1. The van der Waals surface area contributed by atoms with E-state index in [0.717, 1.165) is 42.3 Å². The number of benzene rings is 1. The Kier molecular flexibility index (Phi) is 6.45. The second-order valence-electron chi connectivity index (χ2n) is 6.33. The largest absolute Gasteiger partial charge is 0.493 e. The molecule has 8 nitrogen and oxygen atoms in total. The molecule has 1 saturated heterocycles. The van der Waals surface area contributed by atoms with Crippen LogP contribution in [0.2, 0.25) is 5.02 Å². The van der Waals surface area contributed by atoms with Gasteiger partial charge in [-0.15, -0.1) is 11.3 Å². The van der Waals surface area contributed by atoms with Crippen molar-refractivity contribution in [2.24, 2.45) is 0 Å². The van der Waals surface area contributed by atoms with Gasteiger partial charge in [-0.2, -0.15) is 21.6 Å². The maximum Gasteiger partial charge on any atom is 0.493 e. The molecule has 0 unspecified atom stereocenters. The summed E-state index contributed by atoms with van der Waals surface area (Å²) < 4.78 is 63.7. The lowest BCUT2D eigenvalue weighted by Crippen LogP contribution is -2.39. The summed E-state index contributed by atoms with van der Waals surface area (Å²) in [6, 6.07) is 3.87. The standard InChI is InChI=1S/C16H16ClF3N4O4S2/c1-23(10-4-5-21-7-10)13-3-2-11(6-12(13)17)30(26,27)24(14-8-29-9-22-14)28-15(25)16(18,19)20/h2-3,6,8-10,21H,4-5,7H2,1H3/t10-/m0/s1. The van der Waals surface area contributed by atoms with E-state index in [1.165, 1.54) is 17.6 Å². The Morgan fingerprint density at radius 1 is 1.40 bits per heavy atom. The van der Waals surface area contributed by atoms with Crippen LogP contribution in [-0.2, 0) is 19.7 Å². The van der Waals surface area contributed by atoms with Gasteiger partial charge in [-0.25, -0.2) is 9.78 Å². The average molecular weight is 485 g/mol. The maximum atomic E-state index is 12.9. The molecule has 1 aliphatic heterocycles. The molecule has 30 heavy (non-hydrogen) atoms. The molecule has 1 atom stereocenters. The number of halogens is 4. The number of hydrogen-bond donors (Lipinski definition) is 1. The van der Waals surface area contributed by atoms with E-state index in [-0.39, 0.29) is 15.5 Å². The summed E-state index contributed by atoms with van der Waals surface area (Å²) in [5, 5.41) is 4.40. The molecule has 0 aliphatic carbocycles. The molecule has 0 amide bonds. The molecule has 0 spiro atoms. The highest BCUT2D eigenvalue weighted by atomic mass is 35.5. The Morgan fingerprint density at radius 2 is 2.13 bits per heavy atom. The first-order chi connectivity index (χ1) is 14.0. The normalized spacial score (nSPS) is 17.0. The molecule has 0 radical (unpaired) electrons. The average Bonchev–Trinajstić information content (AvgIpc) is 3.38. The van der Waals surface area contributed by atoms with Crippen LogP contribution in [0.5, 0.6) is 0 Å². The van der Waals surface area contributed by atoms with E-state index in [0.29, 0.717) is 5.69 Å². The number of likely N-dealkylation sites (N-methyl/N-ethyl adjacent to an activating group) is 1. The van der Waals surface area contributed by atoms with Gasteiger partial charge >= 0.3 is 12.1 Å². The van der Waals surface area contributed by atoms with Crippen LogP contribution in [0.25, 0.3) is 0 Å². The van der Waals surface area contributed by atoms with Gasteiger partial charge < -0.3 is 15.1 Å². The lowest BCUT2D eigenvalue weighted by atomic mass is 10.2. The Balaban J connectivity index is 1.94. The summed E-state index contributed by atoms with van der Waals surface area (Å²) in [4.78, 5) is 20.5. The number of nitrogens with zero attached hydrogens (tertiary/aromatic N) is 3. The molecule has 1 aliphatic rings. The van der Waals surface area contributed by atoms with Gasteiger partial charge in [0, 0.05) is 25.0 Å². The Bertz CT molecular complexity index is 1010.